The molecule has 0 aliphatic rings. The van der Waals surface area contributed by atoms with E-state index in [0.29, 0.717) is 0 Å². The number of hydrogen-bond donors (Lipinski definition) is 0. The van der Waals surface area contributed by atoms with Crippen molar-refractivity contribution in [2.75, 3.05) is 0 Å². The molecule has 12 heavy (non-hydrogen) atoms. The van der Waals surface area contributed by atoms with E-state index >= 15 is 0 Å². The molecule has 0 aliphatic carbocycles. The quantitative estimate of drug-likeness (QED) is 0.697. The molecule has 0 aliphatic heterocycles. The van der Waals surface area contributed by atoms with Gasteiger partial charge in [0.2, 0.25) is 0 Å². The van der Waals surface area contributed by atoms with E-state index in [1.54, 1.807) is 12.2 Å². The molecule has 0 spiro atoms. The van der Waals surface area contributed by atoms with Gasteiger partial charge in [0.25, 0.3) is 0 Å². The third-order valence-electron chi connectivity index (χ3n) is 1.36. The fourth-order valence-corrected chi connectivity index (χ4v) is 0.814. The second-order valence-corrected chi connectivity index (χ2v) is 1.96. The van der Waals surface area contributed by atoms with Crippen molar-refractivity contribution in [1.29, 1.82) is 0 Å². The predicted molar refractivity (Wildman–Crippen MR) is 51.1 cm³/mol. The maximum absolute atomic E-state index is 5.33. The molecule has 0 fully saturated rings. The molecule has 0 nitrogen and oxygen atoms in total. The van der Waals surface area contributed by atoms with E-state index in [9.17, 15) is 0 Å². The van der Waals surface area contributed by atoms with E-state index < -0.39 is 0 Å². The minimum absolute atomic E-state index is 0.963. The van der Waals surface area contributed by atoms with Crippen LogP contribution in [0.2, 0.25) is 0 Å². The van der Waals surface area contributed by atoms with Crippen molar-refractivity contribution in [3.63, 3.8) is 0 Å². The molecule has 0 saturated heterocycles. The molecule has 1 aromatic rings. The van der Waals surface area contributed by atoms with Crippen molar-refractivity contribution in [3.8, 4) is 0 Å². The summed E-state index contributed by atoms with van der Waals surface area (Å²) in [4.78, 5) is 0. The minimum atomic E-state index is 0.963. The monoisotopic (exact) mass is 239 g/mol. The third-order valence-corrected chi connectivity index (χ3v) is 1.36. The predicted octanol–water partition coefficient (Wildman–Crippen LogP) is 2.54. The number of benzene rings is 1. The molecule has 61 valence electrons. The van der Waals surface area contributed by atoms with Crippen LogP contribution in [0.1, 0.15) is 11.1 Å². The fourth-order valence-electron chi connectivity index (χ4n) is 0.814. The molecule has 0 aromatic heterocycles. The van der Waals surface area contributed by atoms with Crippen LogP contribution in [0, 0.1) is 13.2 Å². The summed E-state index contributed by atoms with van der Waals surface area (Å²) in [5.74, 6) is 0. The van der Waals surface area contributed by atoms with Gasteiger partial charge in [-0.25, -0.2) is 0 Å². The Morgan fingerprint density at radius 2 is 1.33 bits per heavy atom. The van der Waals surface area contributed by atoms with Gasteiger partial charge in [-0.3, -0.25) is 36.4 Å². The number of rotatable bonds is 2. The van der Waals surface area contributed by atoms with Crippen LogP contribution in [-0.2, 0) is 18.4 Å². The van der Waals surface area contributed by atoms with E-state index in [-0.39, 0.29) is 0 Å². The van der Waals surface area contributed by atoms with Crippen molar-refractivity contribution in [2.24, 2.45) is 0 Å². The standard InChI is InChI=1S/C10H8.CH2.Tc/c1-3-9-7-5-6-8-10(9)4-2;;/h1-8H;1H2;/q-2;;+2. The van der Waals surface area contributed by atoms with E-state index in [2.05, 4.69) is 5.03 Å². The van der Waals surface area contributed by atoms with Crippen LogP contribution < -0.4 is 0 Å². The third kappa shape index (κ3) is 3.08. The van der Waals surface area contributed by atoms with Crippen molar-refractivity contribution in [3.05, 3.63) is 48.6 Å². The van der Waals surface area contributed by atoms with Gasteiger partial charge < -0.3 is 0 Å². The second-order valence-electron chi connectivity index (χ2n) is 1.96. The Morgan fingerprint density at radius 1 is 1.00 bits per heavy atom. The molecule has 0 saturated carbocycles. The molecular formula is C11H10Tc. The Balaban J connectivity index is 0.000000561. The van der Waals surface area contributed by atoms with Gasteiger partial charge in [0.15, 0.2) is 0 Å². The van der Waals surface area contributed by atoms with Crippen molar-refractivity contribution < 1.29 is 18.4 Å². The van der Waals surface area contributed by atoms with Gasteiger partial charge in [0, 0.05) is 0 Å². The van der Waals surface area contributed by atoms with Crippen LogP contribution in [-0.4, -0.2) is 5.03 Å². The average molecular weight is 240 g/mol. The number of hydrogen-bond acceptors (Lipinski definition) is 0. The zero-order valence-electron chi connectivity index (χ0n) is 6.70. The molecule has 1 heteroatoms. The summed E-state index contributed by atoms with van der Waals surface area (Å²) in [6.07, 6.45) is 3.08. The molecule has 1 aromatic carbocycles. The molecule has 0 bridgehead atoms. The second kappa shape index (κ2) is 6.90. The average Bonchev–Trinajstić information content (AvgIpc) is 2.20. The zero-order valence-corrected chi connectivity index (χ0v) is 8.56. The van der Waals surface area contributed by atoms with E-state index in [1.807, 2.05) is 42.7 Å². The van der Waals surface area contributed by atoms with E-state index in [4.69, 9.17) is 13.2 Å². The van der Waals surface area contributed by atoms with Crippen molar-refractivity contribution in [2.45, 2.75) is 0 Å². The normalized spacial score (nSPS) is 7.58. The van der Waals surface area contributed by atoms with Crippen LogP contribution >= 0.6 is 0 Å². The summed E-state index contributed by atoms with van der Waals surface area (Å²) in [6, 6.07) is 7.68. The van der Waals surface area contributed by atoms with Gasteiger partial charge in [0.1, 0.15) is 0 Å². The molecule has 0 heterocycles. The summed E-state index contributed by atoms with van der Waals surface area (Å²) in [6.45, 7) is 10.7. The van der Waals surface area contributed by atoms with Gasteiger partial charge in [-0.2, -0.15) is 12.1 Å². The van der Waals surface area contributed by atoms with Crippen LogP contribution in [0.15, 0.2) is 24.3 Å². The topological polar surface area (TPSA) is 0 Å². The van der Waals surface area contributed by atoms with Crippen LogP contribution in [0.4, 0.5) is 0 Å². The first-order valence-electron chi connectivity index (χ1n) is 3.34. The first-order valence-corrected chi connectivity index (χ1v) is 4.65. The molecule has 0 amide bonds. The van der Waals surface area contributed by atoms with Crippen molar-refractivity contribution in [1.82, 2.24) is 0 Å². The van der Waals surface area contributed by atoms with Gasteiger partial charge in [-0.15, -0.1) is 0 Å². The summed E-state index contributed by atoms with van der Waals surface area (Å²) in [5.41, 5.74) is 1.93. The van der Waals surface area contributed by atoms with Gasteiger partial charge >= 0.3 is 23.5 Å². The van der Waals surface area contributed by atoms with E-state index in [0.717, 1.165) is 11.1 Å². The summed E-state index contributed by atoms with van der Waals surface area (Å²) < 4.78 is 0. The SMILES string of the molecule is [CH-]=Cc1ccccc1C=[CH-].[CH2]=[Tc+2]. The summed E-state index contributed by atoms with van der Waals surface area (Å²) in [5, 5.41) is 3.22. The van der Waals surface area contributed by atoms with Crippen LogP contribution in [0.5, 0.6) is 0 Å². The molecule has 0 N–H and O–H groups in total. The Kier molecular flexibility index (Phi) is 6.45. The Labute approximate surface area is 84.3 Å². The fraction of sp³-hybridized carbons (Fsp3) is 0. The first kappa shape index (κ1) is 11.2. The van der Waals surface area contributed by atoms with Gasteiger partial charge in [-0.05, 0) is 0 Å². The molecule has 0 atom stereocenters. The van der Waals surface area contributed by atoms with Gasteiger partial charge in [0.05, 0.1) is 0 Å². The van der Waals surface area contributed by atoms with E-state index in [1.165, 1.54) is 0 Å². The molecule has 1 rings (SSSR count). The summed E-state index contributed by atoms with van der Waals surface area (Å²) in [7, 11) is 0. The first-order chi connectivity index (χ1) is 5.88. The van der Waals surface area contributed by atoms with Crippen LogP contribution in [0.3, 0.4) is 0 Å². The van der Waals surface area contributed by atoms with Gasteiger partial charge in [-0.1, -0.05) is 12.1 Å². The van der Waals surface area contributed by atoms with Crippen LogP contribution in [0.25, 0.3) is 12.2 Å². The molecule has 0 radical (unpaired) electrons. The maximum atomic E-state index is 5.33. The molecular weight excluding hydrogens is 230 g/mol. The Morgan fingerprint density at radius 3 is 1.58 bits per heavy atom. The van der Waals surface area contributed by atoms with Crippen molar-refractivity contribution >= 4 is 17.2 Å². The Hall–Kier alpha value is -0.781. The Bertz CT molecular complexity index is 236. The summed E-state index contributed by atoms with van der Waals surface area (Å²) >= 11 is 1.90. The zero-order chi connectivity index (χ0) is 9.40. The molecule has 0 unspecified atom stereocenters.